The number of halogens is 5. The lowest BCUT2D eigenvalue weighted by Crippen LogP contribution is -2.17. The molecule has 0 bridgehead atoms. The van der Waals surface area contributed by atoms with Crippen LogP contribution in [0, 0.1) is 5.82 Å². The zero-order valence-corrected chi connectivity index (χ0v) is 10.1. The third-order valence-electron chi connectivity index (χ3n) is 2.34. The van der Waals surface area contributed by atoms with Crippen molar-refractivity contribution in [2.75, 3.05) is 0 Å². The topological polar surface area (TPSA) is 9.23 Å². The minimum Gasteiger partial charge on any atom is -0.406 e. The van der Waals surface area contributed by atoms with Crippen molar-refractivity contribution < 1.29 is 22.3 Å². The van der Waals surface area contributed by atoms with Gasteiger partial charge in [0.05, 0.1) is 0 Å². The van der Waals surface area contributed by atoms with Crippen molar-refractivity contribution in [1.82, 2.24) is 0 Å². The van der Waals surface area contributed by atoms with Gasteiger partial charge in [0, 0.05) is 16.1 Å². The molecule has 2 rings (SSSR count). The van der Waals surface area contributed by atoms with Gasteiger partial charge in [0.15, 0.2) is 0 Å². The van der Waals surface area contributed by atoms with Crippen molar-refractivity contribution in [3.05, 3.63) is 53.3 Å². The molecule has 0 aliphatic carbocycles. The van der Waals surface area contributed by atoms with E-state index in [4.69, 9.17) is 11.6 Å². The molecule has 0 heterocycles. The molecule has 0 aliphatic heterocycles. The molecular weight excluding hydrogens is 284 g/mol. The maximum atomic E-state index is 13.6. The van der Waals surface area contributed by atoms with Crippen LogP contribution in [0.1, 0.15) is 0 Å². The van der Waals surface area contributed by atoms with Crippen LogP contribution in [0.3, 0.4) is 0 Å². The first kappa shape index (κ1) is 13.7. The van der Waals surface area contributed by atoms with E-state index in [1.54, 1.807) is 6.07 Å². The number of hydrogen-bond acceptors (Lipinski definition) is 1. The van der Waals surface area contributed by atoms with Crippen molar-refractivity contribution in [1.29, 1.82) is 0 Å². The monoisotopic (exact) mass is 290 g/mol. The van der Waals surface area contributed by atoms with Crippen LogP contribution < -0.4 is 4.74 Å². The molecule has 0 radical (unpaired) electrons. The van der Waals surface area contributed by atoms with Crippen LogP contribution in [0.15, 0.2) is 42.5 Å². The SMILES string of the molecule is Fc1ccccc1-c1cc(OC(F)(F)F)ccc1Cl. The normalized spacial score (nSPS) is 11.4. The number of ether oxygens (including phenoxy) is 1. The summed E-state index contributed by atoms with van der Waals surface area (Å²) >= 11 is 5.87. The van der Waals surface area contributed by atoms with E-state index in [2.05, 4.69) is 4.74 Å². The van der Waals surface area contributed by atoms with Crippen LogP contribution in [-0.2, 0) is 0 Å². The summed E-state index contributed by atoms with van der Waals surface area (Å²) in [6.45, 7) is 0. The summed E-state index contributed by atoms with van der Waals surface area (Å²) in [5, 5.41) is 0.139. The minimum absolute atomic E-state index is 0.111. The highest BCUT2D eigenvalue weighted by atomic mass is 35.5. The van der Waals surface area contributed by atoms with Gasteiger partial charge >= 0.3 is 6.36 Å². The Morgan fingerprint density at radius 2 is 1.63 bits per heavy atom. The van der Waals surface area contributed by atoms with Crippen LogP contribution in [-0.4, -0.2) is 6.36 Å². The molecule has 0 amide bonds. The summed E-state index contributed by atoms with van der Waals surface area (Å²) in [5.74, 6) is -1.02. The van der Waals surface area contributed by atoms with E-state index in [1.807, 2.05) is 0 Å². The van der Waals surface area contributed by atoms with Gasteiger partial charge in [0.25, 0.3) is 0 Å². The second kappa shape index (κ2) is 5.09. The largest absolute Gasteiger partial charge is 0.573 e. The first-order valence-corrected chi connectivity index (χ1v) is 5.55. The molecule has 19 heavy (non-hydrogen) atoms. The van der Waals surface area contributed by atoms with Gasteiger partial charge < -0.3 is 4.74 Å². The van der Waals surface area contributed by atoms with Gasteiger partial charge in [-0.2, -0.15) is 0 Å². The van der Waals surface area contributed by atoms with Crippen LogP contribution in [0.2, 0.25) is 5.02 Å². The van der Waals surface area contributed by atoms with Gasteiger partial charge in [0.2, 0.25) is 0 Å². The lowest BCUT2D eigenvalue weighted by Gasteiger charge is -2.11. The molecule has 0 saturated carbocycles. The van der Waals surface area contributed by atoms with Crippen molar-refractivity contribution in [3.63, 3.8) is 0 Å². The average Bonchev–Trinajstić information content (AvgIpc) is 2.31. The van der Waals surface area contributed by atoms with Gasteiger partial charge in [-0.05, 0) is 24.3 Å². The van der Waals surface area contributed by atoms with Crippen molar-refractivity contribution in [3.8, 4) is 16.9 Å². The summed E-state index contributed by atoms with van der Waals surface area (Å²) in [4.78, 5) is 0. The molecule has 0 unspecified atom stereocenters. The van der Waals surface area contributed by atoms with E-state index in [0.29, 0.717) is 0 Å². The third-order valence-corrected chi connectivity index (χ3v) is 2.67. The molecule has 2 aromatic rings. The minimum atomic E-state index is -4.81. The highest BCUT2D eigenvalue weighted by Crippen LogP contribution is 2.34. The Morgan fingerprint density at radius 3 is 2.26 bits per heavy atom. The second-order valence-electron chi connectivity index (χ2n) is 3.67. The standard InChI is InChI=1S/C13H7ClF4O/c14-11-6-5-8(19-13(16,17)18)7-10(11)9-3-1-2-4-12(9)15/h1-7H. The van der Waals surface area contributed by atoms with Gasteiger partial charge in [-0.1, -0.05) is 29.8 Å². The average molecular weight is 291 g/mol. The Labute approximate surface area is 111 Å². The summed E-state index contributed by atoms with van der Waals surface area (Å²) < 4.78 is 53.8. The van der Waals surface area contributed by atoms with Crippen LogP contribution in [0.25, 0.3) is 11.1 Å². The first-order valence-electron chi connectivity index (χ1n) is 5.17. The van der Waals surface area contributed by atoms with E-state index in [0.717, 1.165) is 12.1 Å². The number of benzene rings is 2. The fourth-order valence-electron chi connectivity index (χ4n) is 1.59. The van der Waals surface area contributed by atoms with Crippen LogP contribution >= 0.6 is 11.6 Å². The third kappa shape index (κ3) is 3.38. The zero-order chi connectivity index (χ0) is 14.0. The van der Waals surface area contributed by atoms with Crippen molar-refractivity contribution >= 4 is 11.6 Å². The Hall–Kier alpha value is -1.75. The van der Waals surface area contributed by atoms with Crippen molar-refractivity contribution in [2.24, 2.45) is 0 Å². The molecule has 0 N–H and O–H groups in total. The predicted octanol–water partition coefficient (Wildman–Crippen LogP) is 5.04. The molecule has 0 aliphatic rings. The maximum Gasteiger partial charge on any atom is 0.573 e. The molecule has 2 aromatic carbocycles. The summed E-state index contributed by atoms with van der Waals surface area (Å²) in [6.07, 6.45) is -4.81. The molecule has 0 saturated heterocycles. The Morgan fingerprint density at radius 1 is 0.947 bits per heavy atom. The Bertz CT molecular complexity index is 595. The Balaban J connectivity index is 2.46. The molecular formula is C13H7ClF4O. The lowest BCUT2D eigenvalue weighted by molar-refractivity contribution is -0.274. The molecule has 6 heteroatoms. The van der Waals surface area contributed by atoms with Crippen LogP contribution in [0.4, 0.5) is 17.6 Å². The fourth-order valence-corrected chi connectivity index (χ4v) is 1.81. The van der Waals surface area contributed by atoms with E-state index in [9.17, 15) is 17.6 Å². The highest BCUT2D eigenvalue weighted by Gasteiger charge is 2.31. The van der Waals surface area contributed by atoms with Crippen LogP contribution in [0.5, 0.6) is 5.75 Å². The molecule has 0 aromatic heterocycles. The number of alkyl halides is 3. The van der Waals surface area contributed by atoms with E-state index < -0.39 is 17.9 Å². The van der Waals surface area contributed by atoms with E-state index in [-0.39, 0.29) is 16.1 Å². The van der Waals surface area contributed by atoms with Gasteiger partial charge in [-0.25, -0.2) is 4.39 Å². The number of hydrogen-bond donors (Lipinski definition) is 0. The first-order chi connectivity index (χ1) is 8.87. The highest BCUT2D eigenvalue weighted by molar-refractivity contribution is 6.33. The smallest absolute Gasteiger partial charge is 0.406 e. The molecule has 100 valence electrons. The summed E-state index contributed by atoms with van der Waals surface area (Å²) in [7, 11) is 0. The fraction of sp³-hybridized carbons (Fsp3) is 0.0769. The Kier molecular flexibility index (Phi) is 3.66. The lowest BCUT2D eigenvalue weighted by atomic mass is 10.0. The van der Waals surface area contributed by atoms with Gasteiger partial charge in [-0.3, -0.25) is 0 Å². The predicted molar refractivity (Wildman–Crippen MR) is 63.5 cm³/mol. The summed E-state index contributed by atoms with van der Waals surface area (Å²) in [6, 6.07) is 9.00. The summed E-state index contributed by atoms with van der Waals surface area (Å²) in [5.41, 5.74) is 0.252. The number of rotatable bonds is 2. The van der Waals surface area contributed by atoms with E-state index >= 15 is 0 Å². The zero-order valence-electron chi connectivity index (χ0n) is 9.34. The van der Waals surface area contributed by atoms with E-state index in [1.165, 1.54) is 24.3 Å². The van der Waals surface area contributed by atoms with Crippen molar-refractivity contribution in [2.45, 2.75) is 6.36 Å². The maximum absolute atomic E-state index is 13.6. The van der Waals surface area contributed by atoms with Gasteiger partial charge in [0.1, 0.15) is 11.6 Å². The quantitative estimate of drug-likeness (QED) is 0.704. The molecule has 0 atom stereocenters. The molecule has 1 nitrogen and oxygen atoms in total. The second-order valence-corrected chi connectivity index (χ2v) is 4.08. The molecule has 0 spiro atoms. The molecule has 0 fully saturated rings. The van der Waals surface area contributed by atoms with Gasteiger partial charge in [-0.15, -0.1) is 13.2 Å².